The van der Waals surface area contributed by atoms with Gasteiger partial charge in [-0.3, -0.25) is 0 Å². The second-order valence-corrected chi connectivity index (χ2v) is 3.28. The molecule has 0 radical (unpaired) electrons. The first kappa shape index (κ1) is 10.8. The van der Waals surface area contributed by atoms with E-state index < -0.39 is 0 Å². The van der Waals surface area contributed by atoms with Crippen LogP contribution in [0.5, 0.6) is 5.75 Å². The molecule has 0 aliphatic heterocycles. The Morgan fingerprint density at radius 2 is 1.93 bits per heavy atom. The van der Waals surface area contributed by atoms with E-state index in [1.54, 1.807) is 6.07 Å². The highest BCUT2D eigenvalue weighted by molar-refractivity contribution is 5.44. The summed E-state index contributed by atoms with van der Waals surface area (Å²) in [7, 11) is 0. The lowest BCUT2D eigenvalue weighted by Crippen LogP contribution is -2.13. The minimum Gasteiger partial charge on any atom is -0.490 e. The van der Waals surface area contributed by atoms with Crippen LogP contribution in [0, 0.1) is 5.82 Å². The van der Waals surface area contributed by atoms with Crippen molar-refractivity contribution >= 4 is 5.69 Å². The lowest BCUT2D eigenvalue weighted by atomic mass is 10.2. The number of anilines is 1. The first-order valence-electron chi connectivity index (χ1n) is 4.88. The van der Waals surface area contributed by atoms with Gasteiger partial charge in [0, 0.05) is 17.8 Å². The van der Waals surface area contributed by atoms with Gasteiger partial charge in [-0.25, -0.2) is 4.39 Å². The Bertz CT molecular complexity index is 277. The van der Waals surface area contributed by atoms with Crippen molar-refractivity contribution < 1.29 is 9.13 Å². The molecule has 0 heterocycles. The lowest BCUT2D eigenvalue weighted by Gasteiger charge is -2.15. The van der Waals surface area contributed by atoms with Crippen LogP contribution in [0.25, 0.3) is 0 Å². The van der Waals surface area contributed by atoms with Crippen LogP contribution >= 0.6 is 0 Å². The maximum Gasteiger partial charge on any atom is 0.128 e. The van der Waals surface area contributed by atoms with E-state index in [-0.39, 0.29) is 11.9 Å². The molecule has 1 rings (SSSR count). The first-order chi connectivity index (χ1) is 6.65. The molecule has 0 bridgehead atoms. The number of ether oxygens (including phenoxy) is 1. The van der Waals surface area contributed by atoms with Gasteiger partial charge in [0.1, 0.15) is 11.6 Å². The van der Waals surface area contributed by atoms with Gasteiger partial charge in [0.2, 0.25) is 0 Å². The van der Waals surface area contributed by atoms with E-state index in [0.29, 0.717) is 11.4 Å². The molecule has 0 atom stereocenters. The molecule has 78 valence electrons. The van der Waals surface area contributed by atoms with Crippen molar-refractivity contribution in [2.24, 2.45) is 0 Å². The van der Waals surface area contributed by atoms with E-state index in [1.165, 1.54) is 12.1 Å². The highest BCUT2D eigenvalue weighted by Crippen LogP contribution is 2.20. The SMILES string of the molecule is CCC(CC)Oc1cc(N)cc(F)c1. The smallest absolute Gasteiger partial charge is 0.128 e. The molecule has 0 aliphatic carbocycles. The third kappa shape index (κ3) is 2.91. The summed E-state index contributed by atoms with van der Waals surface area (Å²) in [5.41, 5.74) is 5.89. The van der Waals surface area contributed by atoms with Crippen LogP contribution in [0.3, 0.4) is 0 Å². The van der Waals surface area contributed by atoms with E-state index in [1.807, 2.05) is 13.8 Å². The summed E-state index contributed by atoms with van der Waals surface area (Å²) in [5.74, 6) is 0.155. The average molecular weight is 197 g/mol. The van der Waals surface area contributed by atoms with E-state index in [9.17, 15) is 4.39 Å². The van der Waals surface area contributed by atoms with Crippen LogP contribution in [-0.2, 0) is 0 Å². The zero-order chi connectivity index (χ0) is 10.6. The normalized spacial score (nSPS) is 10.6. The summed E-state index contributed by atoms with van der Waals surface area (Å²) < 4.78 is 18.5. The number of halogens is 1. The average Bonchev–Trinajstić information content (AvgIpc) is 2.12. The molecule has 0 fully saturated rings. The van der Waals surface area contributed by atoms with Crippen LogP contribution < -0.4 is 10.5 Å². The second kappa shape index (κ2) is 4.84. The zero-order valence-electron chi connectivity index (χ0n) is 8.59. The standard InChI is InChI=1S/C11H16FNO/c1-3-10(4-2)14-11-6-8(12)5-9(13)7-11/h5-7,10H,3-4,13H2,1-2H3. The summed E-state index contributed by atoms with van der Waals surface area (Å²) in [4.78, 5) is 0. The van der Waals surface area contributed by atoms with Crippen molar-refractivity contribution in [1.29, 1.82) is 0 Å². The van der Waals surface area contributed by atoms with Crippen LogP contribution in [0.1, 0.15) is 26.7 Å². The van der Waals surface area contributed by atoms with Gasteiger partial charge in [-0.2, -0.15) is 0 Å². The molecule has 0 unspecified atom stereocenters. The number of hydrogen-bond donors (Lipinski definition) is 1. The van der Waals surface area contributed by atoms with Gasteiger partial charge < -0.3 is 10.5 Å². The van der Waals surface area contributed by atoms with Crippen molar-refractivity contribution in [3.05, 3.63) is 24.0 Å². The minimum atomic E-state index is -0.356. The number of hydrogen-bond acceptors (Lipinski definition) is 2. The maximum atomic E-state index is 12.9. The topological polar surface area (TPSA) is 35.2 Å². The van der Waals surface area contributed by atoms with Gasteiger partial charge >= 0.3 is 0 Å². The van der Waals surface area contributed by atoms with Crippen LogP contribution in [0.2, 0.25) is 0 Å². The Hall–Kier alpha value is -1.25. The Kier molecular flexibility index (Phi) is 3.74. The first-order valence-corrected chi connectivity index (χ1v) is 4.88. The van der Waals surface area contributed by atoms with Gasteiger partial charge in [-0.15, -0.1) is 0 Å². The molecule has 2 nitrogen and oxygen atoms in total. The Morgan fingerprint density at radius 1 is 1.29 bits per heavy atom. The van der Waals surface area contributed by atoms with E-state index in [0.717, 1.165) is 12.8 Å². The van der Waals surface area contributed by atoms with E-state index in [2.05, 4.69) is 0 Å². The minimum absolute atomic E-state index is 0.135. The van der Waals surface area contributed by atoms with Crippen LogP contribution in [-0.4, -0.2) is 6.10 Å². The summed E-state index contributed by atoms with van der Waals surface area (Å²) in [6, 6.07) is 4.27. The van der Waals surface area contributed by atoms with Gasteiger partial charge in [0.25, 0.3) is 0 Å². The van der Waals surface area contributed by atoms with Crippen molar-refractivity contribution in [3.63, 3.8) is 0 Å². The highest BCUT2D eigenvalue weighted by atomic mass is 19.1. The maximum absolute atomic E-state index is 12.9. The Morgan fingerprint density at radius 3 is 2.43 bits per heavy atom. The number of nitrogens with two attached hydrogens (primary N) is 1. The monoisotopic (exact) mass is 197 g/mol. The van der Waals surface area contributed by atoms with Crippen LogP contribution in [0.4, 0.5) is 10.1 Å². The Balaban J connectivity index is 2.75. The molecule has 1 aromatic carbocycles. The van der Waals surface area contributed by atoms with Crippen molar-refractivity contribution in [2.75, 3.05) is 5.73 Å². The molecule has 14 heavy (non-hydrogen) atoms. The number of rotatable bonds is 4. The van der Waals surface area contributed by atoms with Gasteiger partial charge in [-0.1, -0.05) is 13.8 Å². The fraction of sp³-hybridized carbons (Fsp3) is 0.455. The quantitative estimate of drug-likeness (QED) is 0.753. The van der Waals surface area contributed by atoms with E-state index >= 15 is 0 Å². The fourth-order valence-corrected chi connectivity index (χ4v) is 1.30. The number of nitrogen functional groups attached to an aromatic ring is 1. The van der Waals surface area contributed by atoms with Crippen molar-refractivity contribution in [1.82, 2.24) is 0 Å². The second-order valence-electron chi connectivity index (χ2n) is 3.28. The fourth-order valence-electron chi connectivity index (χ4n) is 1.30. The molecular weight excluding hydrogens is 181 g/mol. The molecule has 0 saturated carbocycles. The summed E-state index contributed by atoms with van der Waals surface area (Å²) in [5, 5.41) is 0. The molecule has 1 aromatic rings. The zero-order valence-corrected chi connectivity index (χ0v) is 8.59. The molecular formula is C11H16FNO. The highest BCUT2D eigenvalue weighted by Gasteiger charge is 2.06. The predicted octanol–water partition coefficient (Wildman–Crippen LogP) is 2.98. The largest absolute Gasteiger partial charge is 0.490 e. The summed E-state index contributed by atoms with van der Waals surface area (Å²) >= 11 is 0. The van der Waals surface area contributed by atoms with Gasteiger partial charge in [-0.05, 0) is 18.9 Å². The third-order valence-corrected chi connectivity index (χ3v) is 2.11. The van der Waals surface area contributed by atoms with Crippen molar-refractivity contribution in [3.8, 4) is 5.75 Å². The lowest BCUT2D eigenvalue weighted by molar-refractivity contribution is 0.192. The van der Waals surface area contributed by atoms with E-state index in [4.69, 9.17) is 10.5 Å². The van der Waals surface area contributed by atoms with Crippen molar-refractivity contribution in [2.45, 2.75) is 32.8 Å². The molecule has 0 spiro atoms. The van der Waals surface area contributed by atoms with Gasteiger partial charge in [0.05, 0.1) is 6.10 Å². The number of benzene rings is 1. The Labute approximate surface area is 83.9 Å². The summed E-state index contributed by atoms with van der Waals surface area (Å²) in [6.45, 7) is 4.08. The molecule has 0 aromatic heterocycles. The van der Waals surface area contributed by atoms with Crippen LogP contribution in [0.15, 0.2) is 18.2 Å². The molecule has 2 N–H and O–H groups in total. The van der Waals surface area contributed by atoms with Gasteiger partial charge in [0.15, 0.2) is 0 Å². The molecule has 3 heteroatoms. The predicted molar refractivity (Wildman–Crippen MR) is 55.8 cm³/mol. The molecule has 0 saturated heterocycles. The third-order valence-electron chi connectivity index (χ3n) is 2.11. The molecule has 0 amide bonds. The molecule has 0 aliphatic rings. The summed E-state index contributed by atoms with van der Waals surface area (Å²) in [6.07, 6.45) is 1.95.